The van der Waals surface area contributed by atoms with Gasteiger partial charge in [0.2, 0.25) is 6.23 Å². The monoisotopic (exact) mass is 723 g/mol. The van der Waals surface area contributed by atoms with E-state index in [0.29, 0.717) is 28.6 Å². The number of benzene rings is 6. The Morgan fingerprint density at radius 3 is 1.60 bits per heavy atom. The number of hydrogen-bond acceptors (Lipinski definition) is 7. The van der Waals surface area contributed by atoms with E-state index in [-0.39, 0.29) is 5.92 Å². The number of imidazole rings is 1. The van der Waals surface area contributed by atoms with Crippen molar-refractivity contribution >= 4 is 17.0 Å². The molecule has 2 aromatic heterocycles. The molecule has 8 aromatic rings. The van der Waals surface area contributed by atoms with Crippen LogP contribution in [0.3, 0.4) is 0 Å². The molecule has 0 spiro atoms. The Morgan fingerprint density at radius 1 is 0.618 bits per heavy atom. The van der Waals surface area contributed by atoms with E-state index in [2.05, 4.69) is 96.5 Å². The Labute approximate surface area is 320 Å². The SMILES string of the molecule is CONc1nc(C(c2ccccc2)(c2ccccc2)c2ccccc2)nc2c1ncn2[C@H](Oc1cccc(C(c2ccccc2)c2ccccc2)c1)C(C)O. The minimum absolute atomic E-state index is 0.0231. The van der Waals surface area contributed by atoms with Crippen LogP contribution in [0.5, 0.6) is 5.75 Å². The van der Waals surface area contributed by atoms with Gasteiger partial charge in [-0.15, -0.1) is 0 Å². The van der Waals surface area contributed by atoms with Gasteiger partial charge in [-0.25, -0.2) is 20.4 Å². The van der Waals surface area contributed by atoms with Gasteiger partial charge in [-0.3, -0.25) is 9.40 Å². The number of hydrogen-bond donors (Lipinski definition) is 2. The molecule has 0 aliphatic heterocycles. The number of fused-ring (bicyclic) bond motifs is 1. The van der Waals surface area contributed by atoms with Crippen LogP contribution in [-0.4, -0.2) is 37.8 Å². The van der Waals surface area contributed by atoms with Gasteiger partial charge in [0, 0.05) is 5.92 Å². The average Bonchev–Trinajstić information content (AvgIpc) is 3.67. The normalized spacial score (nSPS) is 12.7. The molecule has 0 saturated carbocycles. The number of anilines is 1. The summed E-state index contributed by atoms with van der Waals surface area (Å²) in [6.45, 7) is 1.70. The molecule has 8 heteroatoms. The third-order valence-electron chi connectivity index (χ3n) is 9.98. The number of aliphatic hydroxyl groups is 1. The van der Waals surface area contributed by atoms with Crippen molar-refractivity contribution in [2.75, 3.05) is 12.6 Å². The molecule has 0 aliphatic carbocycles. The van der Waals surface area contributed by atoms with Crippen LogP contribution >= 0.6 is 0 Å². The van der Waals surface area contributed by atoms with Crippen molar-refractivity contribution in [3.63, 3.8) is 0 Å². The lowest BCUT2D eigenvalue weighted by atomic mass is 9.68. The third kappa shape index (κ3) is 6.85. The van der Waals surface area contributed by atoms with Gasteiger partial charge in [0.05, 0.1) is 7.11 Å². The standard InChI is InChI=1S/C47H41N5O3/c1-33(53)45(55-40-30-18-23-36(31-40)41(34-19-8-3-9-20-34)35-21-10-4-11-22-35)52-32-48-42-43(51-54-2)49-46(50-44(42)52)47(37-24-12-5-13-25-37,38-26-14-6-15-27-38)39-28-16-7-17-29-39/h3-33,41,45,53H,1-2H3,(H,49,50,51)/t33?,45-/m1/s1. The predicted molar refractivity (Wildman–Crippen MR) is 216 cm³/mol. The molecule has 2 atom stereocenters. The quantitative estimate of drug-likeness (QED) is 0.0905. The van der Waals surface area contributed by atoms with Crippen molar-refractivity contribution in [2.24, 2.45) is 0 Å². The van der Waals surface area contributed by atoms with Crippen LogP contribution < -0.4 is 10.2 Å². The predicted octanol–water partition coefficient (Wildman–Crippen LogP) is 9.32. The maximum atomic E-state index is 11.4. The fraction of sp³-hybridized carbons (Fsp3) is 0.128. The van der Waals surface area contributed by atoms with E-state index in [4.69, 9.17) is 24.5 Å². The van der Waals surface area contributed by atoms with Crippen molar-refractivity contribution in [1.29, 1.82) is 0 Å². The summed E-state index contributed by atoms with van der Waals surface area (Å²) >= 11 is 0. The van der Waals surface area contributed by atoms with Crippen LogP contribution in [0.4, 0.5) is 5.82 Å². The molecule has 8 nitrogen and oxygen atoms in total. The lowest BCUT2D eigenvalue weighted by Gasteiger charge is -2.35. The van der Waals surface area contributed by atoms with E-state index >= 15 is 0 Å². The number of ether oxygens (including phenoxy) is 1. The first-order valence-electron chi connectivity index (χ1n) is 18.3. The minimum atomic E-state index is -0.959. The summed E-state index contributed by atoms with van der Waals surface area (Å²) in [5, 5.41) is 11.4. The van der Waals surface area contributed by atoms with Crippen molar-refractivity contribution in [3.8, 4) is 5.75 Å². The highest BCUT2D eigenvalue weighted by Crippen LogP contribution is 2.45. The maximum Gasteiger partial charge on any atom is 0.204 e. The first-order valence-corrected chi connectivity index (χ1v) is 18.3. The van der Waals surface area contributed by atoms with Crippen molar-refractivity contribution in [1.82, 2.24) is 19.5 Å². The largest absolute Gasteiger partial charge is 0.467 e. The highest BCUT2D eigenvalue weighted by Gasteiger charge is 2.42. The number of nitrogens with zero attached hydrogens (tertiary/aromatic N) is 4. The molecule has 6 aromatic carbocycles. The first kappa shape index (κ1) is 35.4. The van der Waals surface area contributed by atoms with Crippen LogP contribution in [-0.2, 0) is 10.3 Å². The van der Waals surface area contributed by atoms with Crippen molar-refractivity contribution in [2.45, 2.75) is 30.6 Å². The number of aromatic nitrogens is 4. The lowest BCUT2D eigenvalue weighted by molar-refractivity contribution is 0.00341. The van der Waals surface area contributed by atoms with Gasteiger partial charge in [0.15, 0.2) is 22.8 Å². The maximum absolute atomic E-state index is 11.4. The van der Waals surface area contributed by atoms with Crippen molar-refractivity contribution in [3.05, 3.63) is 221 Å². The van der Waals surface area contributed by atoms with Gasteiger partial charge in [-0.1, -0.05) is 164 Å². The van der Waals surface area contributed by atoms with Crippen LogP contribution in [0.15, 0.2) is 182 Å². The smallest absolute Gasteiger partial charge is 0.204 e. The first-order chi connectivity index (χ1) is 27.1. The molecule has 8 rings (SSSR count). The van der Waals surface area contributed by atoms with E-state index in [1.807, 2.05) is 84.9 Å². The Bertz CT molecular complexity index is 2320. The molecule has 0 amide bonds. The highest BCUT2D eigenvalue weighted by atomic mass is 16.6. The van der Waals surface area contributed by atoms with Crippen LogP contribution in [0.25, 0.3) is 11.2 Å². The van der Waals surface area contributed by atoms with Gasteiger partial charge in [0.25, 0.3) is 0 Å². The molecule has 0 saturated heterocycles. The molecule has 0 bridgehead atoms. The zero-order chi connectivity index (χ0) is 37.6. The number of nitrogens with one attached hydrogen (secondary N) is 1. The molecule has 0 fully saturated rings. The molecule has 2 heterocycles. The second-order valence-electron chi connectivity index (χ2n) is 13.5. The van der Waals surface area contributed by atoms with Gasteiger partial charge >= 0.3 is 0 Å². The Hall–Kier alpha value is -6.61. The Kier molecular flexibility index (Phi) is 10.2. The second-order valence-corrected chi connectivity index (χ2v) is 13.5. The Morgan fingerprint density at radius 2 is 1.11 bits per heavy atom. The van der Waals surface area contributed by atoms with Crippen LogP contribution in [0, 0.1) is 0 Å². The second kappa shape index (κ2) is 15.8. The van der Waals surface area contributed by atoms with E-state index < -0.39 is 17.7 Å². The van der Waals surface area contributed by atoms with Gasteiger partial charge in [0.1, 0.15) is 23.6 Å². The summed E-state index contributed by atoms with van der Waals surface area (Å²) in [5.74, 6) is 1.45. The lowest BCUT2D eigenvalue weighted by Crippen LogP contribution is -2.34. The summed E-state index contributed by atoms with van der Waals surface area (Å²) in [6.07, 6.45) is -0.221. The molecule has 55 heavy (non-hydrogen) atoms. The summed E-state index contributed by atoms with van der Waals surface area (Å²) in [4.78, 5) is 20.7. The zero-order valence-electron chi connectivity index (χ0n) is 30.6. The zero-order valence-corrected chi connectivity index (χ0v) is 30.6. The van der Waals surface area contributed by atoms with Gasteiger partial charge in [-0.2, -0.15) is 0 Å². The molecule has 0 aliphatic rings. The number of aliphatic hydroxyl groups excluding tert-OH is 1. The van der Waals surface area contributed by atoms with E-state index in [1.165, 1.54) is 18.2 Å². The van der Waals surface area contributed by atoms with Crippen LogP contribution in [0.1, 0.15) is 58.3 Å². The van der Waals surface area contributed by atoms with E-state index in [1.54, 1.807) is 17.8 Å². The van der Waals surface area contributed by atoms with Gasteiger partial charge in [-0.05, 0) is 52.4 Å². The third-order valence-corrected chi connectivity index (χ3v) is 9.98. The average molecular weight is 724 g/mol. The molecular formula is C47H41N5O3. The summed E-state index contributed by atoms with van der Waals surface area (Å²) in [7, 11) is 1.54. The van der Waals surface area contributed by atoms with Crippen LogP contribution in [0.2, 0.25) is 0 Å². The molecule has 0 radical (unpaired) electrons. The molecule has 2 N–H and O–H groups in total. The Balaban J connectivity index is 1.29. The molecule has 1 unspecified atom stereocenters. The van der Waals surface area contributed by atoms with Crippen molar-refractivity contribution < 1.29 is 14.7 Å². The summed E-state index contributed by atoms with van der Waals surface area (Å²) in [6, 6.07) is 59.7. The molecular weight excluding hydrogens is 683 g/mol. The number of rotatable bonds is 13. The fourth-order valence-corrected chi connectivity index (χ4v) is 7.55. The minimum Gasteiger partial charge on any atom is -0.467 e. The highest BCUT2D eigenvalue weighted by molar-refractivity contribution is 5.83. The fourth-order valence-electron chi connectivity index (χ4n) is 7.55. The van der Waals surface area contributed by atoms with E-state index in [9.17, 15) is 5.11 Å². The molecule has 272 valence electrons. The van der Waals surface area contributed by atoms with Gasteiger partial charge < -0.3 is 9.84 Å². The van der Waals surface area contributed by atoms with E-state index in [0.717, 1.165) is 22.3 Å². The summed E-state index contributed by atoms with van der Waals surface area (Å²) < 4.78 is 8.51. The topological polar surface area (TPSA) is 94.3 Å². The summed E-state index contributed by atoms with van der Waals surface area (Å²) in [5.41, 5.74) is 9.28.